The van der Waals surface area contributed by atoms with Gasteiger partial charge in [0.15, 0.2) is 12.4 Å². The summed E-state index contributed by atoms with van der Waals surface area (Å²) in [6, 6.07) is 1.56. The van der Waals surface area contributed by atoms with Crippen LogP contribution in [0.3, 0.4) is 0 Å². The number of aromatic nitrogens is 1. The molecule has 1 aromatic heterocycles. The first-order valence-corrected chi connectivity index (χ1v) is 4.64. The Bertz CT molecular complexity index is 409. The molecule has 1 amide bonds. The number of nitrogens with one attached hydrogen (secondary N) is 1. The molecule has 0 unspecified atom stereocenters. The van der Waals surface area contributed by atoms with Gasteiger partial charge in [-0.2, -0.15) is 0 Å². The molecule has 6 heteroatoms. The molecule has 0 aliphatic rings. The van der Waals surface area contributed by atoms with Crippen molar-refractivity contribution in [3.63, 3.8) is 0 Å². The Balaban J connectivity index is 2.34. The molecule has 0 saturated carbocycles. The number of nitrogens with zero attached hydrogens (tertiary/aromatic N) is 1. The maximum atomic E-state index is 11.2. The van der Waals surface area contributed by atoms with E-state index in [4.69, 9.17) is 4.52 Å². The molecular formula is C10H12N2O4. The Morgan fingerprint density at radius 2 is 2.38 bits per heavy atom. The number of hydrogen-bond acceptors (Lipinski definition) is 5. The van der Waals surface area contributed by atoms with Gasteiger partial charge in [0.25, 0.3) is 5.91 Å². The summed E-state index contributed by atoms with van der Waals surface area (Å²) in [6.45, 7) is 3.03. The quantitative estimate of drug-likeness (QED) is 0.610. The van der Waals surface area contributed by atoms with Crippen LogP contribution < -0.4 is 5.32 Å². The van der Waals surface area contributed by atoms with Crippen molar-refractivity contribution in [2.75, 3.05) is 11.9 Å². The van der Waals surface area contributed by atoms with Gasteiger partial charge >= 0.3 is 5.97 Å². The third-order valence-corrected chi connectivity index (χ3v) is 1.54. The van der Waals surface area contributed by atoms with E-state index in [1.807, 2.05) is 0 Å². The van der Waals surface area contributed by atoms with Crippen LogP contribution in [0.1, 0.15) is 12.7 Å². The summed E-state index contributed by atoms with van der Waals surface area (Å²) >= 11 is 0. The lowest BCUT2D eigenvalue weighted by atomic mass is 10.5. The first-order chi connectivity index (χ1) is 7.61. The summed E-state index contributed by atoms with van der Waals surface area (Å²) in [7, 11) is 0. The topological polar surface area (TPSA) is 81.4 Å². The number of allylic oxidation sites excluding steroid dienone is 1. The average Bonchev–Trinajstić information content (AvgIpc) is 2.61. The fourth-order valence-corrected chi connectivity index (χ4v) is 0.925. The van der Waals surface area contributed by atoms with E-state index in [2.05, 4.69) is 15.2 Å². The van der Waals surface area contributed by atoms with Crippen LogP contribution in [0.5, 0.6) is 0 Å². The number of ether oxygens (including phenoxy) is 1. The van der Waals surface area contributed by atoms with Crippen LogP contribution >= 0.6 is 0 Å². The van der Waals surface area contributed by atoms with E-state index in [1.165, 1.54) is 12.2 Å². The molecule has 1 heterocycles. The van der Waals surface area contributed by atoms with Gasteiger partial charge in [-0.25, -0.2) is 4.79 Å². The highest BCUT2D eigenvalue weighted by molar-refractivity contribution is 5.92. The second-order valence-corrected chi connectivity index (χ2v) is 2.98. The normalized spacial score (nSPS) is 10.4. The summed E-state index contributed by atoms with van der Waals surface area (Å²) in [5.74, 6) is -0.147. The van der Waals surface area contributed by atoms with Crippen molar-refractivity contribution >= 4 is 17.7 Å². The van der Waals surface area contributed by atoms with Gasteiger partial charge in [-0.05, 0) is 13.8 Å². The van der Waals surface area contributed by atoms with Crippen LogP contribution in [0.25, 0.3) is 0 Å². The fourth-order valence-electron chi connectivity index (χ4n) is 0.925. The van der Waals surface area contributed by atoms with E-state index in [-0.39, 0.29) is 6.61 Å². The number of hydrogen-bond donors (Lipinski definition) is 1. The van der Waals surface area contributed by atoms with Crippen LogP contribution in [0.15, 0.2) is 22.7 Å². The van der Waals surface area contributed by atoms with Crippen LogP contribution in [-0.2, 0) is 14.3 Å². The zero-order valence-electron chi connectivity index (χ0n) is 9.02. The fraction of sp³-hybridized carbons (Fsp3) is 0.300. The number of esters is 1. The largest absolute Gasteiger partial charge is 0.452 e. The minimum absolute atomic E-state index is 0.296. The molecule has 0 fully saturated rings. The molecule has 6 nitrogen and oxygen atoms in total. The zero-order chi connectivity index (χ0) is 12.0. The standard InChI is InChI=1S/C10H12N2O4/c1-3-4-10(14)15-6-9(13)11-8-5-7(2)16-12-8/h3-5H,6H2,1-2H3,(H,11,12,13)/b4-3+. The predicted octanol–water partition coefficient (Wildman–Crippen LogP) is 1.04. The number of carbonyl (C=O) groups excluding carboxylic acids is 2. The molecule has 0 aliphatic carbocycles. The monoisotopic (exact) mass is 224 g/mol. The van der Waals surface area contributed by atoms with Gasteiger partial charge in [-0.3, -0.25) is 4.79 Å². The summed E-state index contributed by atoms with van der Waals surface area (Å²) in [4.78, 5) is 22.1. The zero-order valence-corrected chi connectivity index (χ0v) is 9.02. The lowest BCUT2D eigenvalue weighted by molar-refractivity contribution is -0.142. The Morgan fingerprint density at radius 1 is 1.62 bits per heavy atom. The number of rotatable bonds is 4. The van der Waals surface area contributed by atoms with Gasteiger partial charge in [0.05, 0.1) is 0 Å². The van der Waals surface area contributed by atoms with E-state index in [0.717, 1.165) is 0 Å². The number of anilines is 1. The number of carbonyl (C=O) groups is 2. The third kappa shape index (κ3) is 3.95. The number of aryl methyl sites for hydroxylation is 1. The molecule has 0 saturated heterocycles. The molecule has 0 atom stereocenters. The minimum atomic E-state index is -0.561. The molecular weight excluding hydrogens is 212 g/mol. The van der Waals surface area contributed by atoms with E-state index in [0.29, 0.717) is 11.6 Å². The second-order valence-electron chi connectivity index (χ2n) is 2.98. The van der Waals surface area contributed by atoms with Gasteiger partial charge in [-0.1, -0.05) is 11.2 Å². The van der Waals surface area contributed by atoms with E-state index < -0.39 is 11.9 Å². The maximum absolute atomic E-state index is 11.2. The second kappa shape index (κ2) is 5.69. The van der Waals surface area contributed by atoms with E-state index in [1.54, 1.807) is 19.9 Å². The van der Waals surface area contributed by atoms with Crippen molar-refractivity contribution in [1.29, 1.82) is 0 Å². The third-order valence-electron chi connectivity index (χ3n) is 1.54. The first kappa shape index (κ1) is 12.0. The van der Waals surface area contributed by atoms with Crippen LogP contribution in [-0.4, -0.2) is 23.6 Å². The van der Waals surface area contributed by atoms with Crippen molar-refractivity contribution in [3.05, 3.63) is 24.0 Å². The van der Waals surface area contributed by atoms with Gasteiger partial charge in [-0.15, -0.1) is 0 Å². The molecule has 86 valence electrons. The van der Waals surface area contributed by atoms with Gasteiger partial charge in [0.1, 0.15) is 5.76 Å². The molecule has 0 aromatic carbocycles. The molecule has 0 bridgehead atoms. The molecule has 1 N–H and O–H groups in total. The van der Waals surface area contributed by atoms with Crippen molar-refractivity contribution in [1.82, 2.24) is 5.16 Å². The first-order valence-electron chi connectivity index (χ1n) is 4.64. The molecule has 1 rings (SSSR count). The van der Waals surface area contributed by atoms with Crippen molar-refractivity contribution in [2.45, 2.75) is 13.8 Å². The minimum Gasteiger partial charge on any atom is -0.452 e. The van der Waals surface area contributed by atoms with Crippen molar-refractivity contribution in [3.8, 4) is 0 Å². The Morgan fingerprint density at radius 3 is 2.94 bits per heavy atom. The Hall–Kier alpha value is -2.11. The summed E-state index contributed by atoms with van der Waals surface area (Å²) < 4.78 is 9.37. The highest BCUT2D eigenvalue weighted by atomic mass is 16.5. The number of amides is 1. The lowest BCUT2D eigenvalue weighted by Gasteiger charge is -2.01. The van der Waals surface area contributed by atoms with E-state index >= 15 is 0 Å². The predicted molar refractivity (Wildman–Crippen MR) is 55.6 cm³/mol. The van der Waals surface area contributed by atoms with Gasteiger partial charge in [0.2, 0.25) is 0 Å². The van der Waals surface area contributed by atoms with Crippen molar-refractivity contribution < 1.29 is 18.8 Å². The Kier molecular flexibility index (Phi) is 4.26. The highest BCUT2D eigenvalue weighted by Crippen LogP contribution is 2.06. The van der Waals surface area contributed by atoms with Gasteiger partial charge in [0, 0.05) is 12.1 Å². The summed E-state index contributed by atoms with van der Waals surface area (Å²) in [5, 5.41) is 5.97. The van der Waals surface area contributed by atoms with E-state index in [9.17, 15) is 9.59 Å². The smallest absolute Gasteiger partial charge is 0.330 e. The average molecular weight is 224 g/mol. The molecule has 0 spiro atoms. The lowest BCUT2D eigenvalue weighted by Crippen LogP contribution is -2.20. The van der Waals surface area contributed by atoms with Crippen LogP contribution in [0, 0.1) is 6.92 Å². The van der Waals surface area contributed by atoms with Crippen LogP contribution in [0.2, 0.25) is 0 Å². The Labute approximate surface area is 92.2 Å². The summed E-state index contributed by atoms with van der Waals surface area (Å²) in [6.07, 6.45) is 2.76. The molecule has 1 aromatic rings. The van der Waals surface area contributed by atoms with Crippen molar-refractivity contribution in [2.24, 2.45) is 0 Å². The molecule has 16 heavy (non-hydrogen) atoms. The maximum Gasteiger partial charge on any atom is 0.330 e. The SMILES string of the molecule is C/C=C/C(=O)OCC(=O)Nc1cc(C)on1. The molecule has 0 aliphatic heterocycles. The molecule has 0 radical (unpaired) electrons. The summed E-state index contributed by atoms with van der Waals surface area (Å²) in [5.41, 5.74) is 0. The van der Waals surface area contributed by atoms with Gasteiger partial charge < -0.3 is 14.6 Å². The van der Waals surface area contributed by atoms with Crippen LogP contribution in [0.4, 0.5) is 5.82 Å². The highest BCUT2D eigenvalue weighted by Gasteiger charge is 2.07.